The van der Waals surface area contributed by atoms with E-state index in [-0.39, 0.29) is 5.91 Å². The number of hydrogen-bond acceptors (Lipinski definition) is 5. The Kier molecular flexibility index (Phi) is 5.57. The van der Waals surface area contributed by atoms with Crippen molar-refractivity contribution in [2.45, 2.75) is 13.8 Å². The molecule has 2 aliphatic heterocycles. The Morgan fingerprint density at radius 2 is 2.00 bits per heavy atom. The molecule has 0 saturated carbocycles. The Balaban J connectivity index is 1.36. The van der Waals surface area contributed by atoms with Gasteiger partial charge in [-0.2, -0.15) is 0 Å². The van der Waals surface area contributed by atoms with Crippen LogP contribution in [0, 0.1) is 13.8 Å². The van der Waals surface area contributed by atoms with E-state index >= 15 is 0 Å². The molecule has 28 heavy (non-hydrogen) atoms. The van der Waals surface area contributed by atoms with E-state index in [9.17, 15) is 4.79 Å². The number of amides is 1. The summed E-state index contributed by atoms with van der Waals surface area (Å²) in [6.45, 7) is 8.58. The van der Waals surface area contributed by atoms with Gasteiger partial charge >= 0.3 is 0 Å². The molecule has 1 aromatic heterocycles. The van der Waals surface area contributed by atoms with Gasteiger partial charge in [-0.3, -0.25) is 4.79 Å². The predicted molar refractivity (Wildman–Crippen MR) is 117 cm³/mol. The molecule has 0 bridgehead atoms. The fourth-order valence-corrected chi connectivity index (χ4v) is 4.82. The number of aryl methyl sites for hydroxylation is 2. The average molecular weight is 415 g/mol. The first-order valence-electron chi connectivity index (χ1n) is 9.46. The molecule has 0 radical (unpaired) electrons. The van der Waals surface area contributed by atoms with Crippen molar-refractivity contribution in [2.75, 3.05) is 37.7 Å². The summed E-state index contributed by atoms with van der Waals surface area (Å²) in [4.78, 5) is 19.0. The van der Waals surface area contributed by atoms with E-state index in [4.69, 9.17) is 16.6 Å². The van der Waals surface area contributed by atoms with Crippen molar-refractivity contribution in [1.82, 2.24) is 4.90 Å². The Bertz CT molecular complexity index is 929. The maximum Gasteiger partial charge on any atom is 0.270 e. The molecule has 1 N–H and O–H groups in total. The van der Waals surface area contributed by atoms with E-state index in [1.165, 1.54) is 27.9 Å². The molecule has 146 valence electrons. The molecule has 0 aliphatic carbocycles. The van der Waals surface area contributed by atoms with Crippen LogP contribution in [0.15, 0.2) is 45.7 Å². The number of nitrogens with one attached hydrogen (secondary N) is 1. The fourth-order valence-electron chi connectivity index (χ4n) is 3.58. The van der Waals surface area contributed by atoms with Gasteiger partial charge in [0.15, 0.2) is 11.0 Å². The van der Waals surface area contributed by atoms with Crippen LogP contribution in [0.2, 0.25) is 0 Å². The summed E-state index contributed by atoms with van der Waals surface area (Å²) in [5.41, 5.74) is 2.56. The minimum Gasteiger partial charge on any atom is -0.462 e. The minimum atomic E-state index is -0.0160. The van der Waals surface area contributed by atoms with Crippen molar-refractivity contribution in [2.24, 2.45) is 0 Å². The number of rotatable bonds is 4. The van der Waals surface area contributed by atoms with Crippen LogP contribution in [0.5, 0.6) is 0 Å². The largest absolute Gasteiger partial charge is 0.462 e. The number of carbonyl (C=O) groups excluding carboxylic acids is 1. The van der Waals surface area contributed by atoms with Crippen LogP contribution in [-0.2, 0) is 4.79 Å². The van der Waals surface area contributed by atoms with E-state index in [1.807, 2.05) is 19.1 Å². The van der Waals surface area contributed by atoms with E-state index in [2.05, 4.69) is 36.1 Å². The molecule has 2 fully saturated rings. The second-order valence-corrected chi connectivity index (χ2v) is 8.97. The van der Waals surface area contributed by atoms with Gasteiger partial charge in [0.05, 0.1) is 31.1 Å². The summed E-state index contributed by atoms with van der Waals surface area (Å²) in [5.74, 6) is 1.51. The fraction of sp³-hybridized carbons (Fsp3) is 0.333. The van der Waals surface area contributed by atoms with Gasteiger partial charge in [0.25, 0.3) is 5.91 Å². The summed E-state index contributed by atoms with van der Waals surface area (Å²) in [5, 5.41) is 0. The van der Waals surface area contributed by atoms with Crippen LogP contribution in [0.4, 0.5) is 5.69 Å². The number of carbonyl (C=O) groups is 1. The smallest absolute Gasteiger partial charge is 0.270 e. The van der Waals surface area contributed by atoms with Gasteiger partial charge in [-0.25, -0.2) is 4.90 Å². The van der Waals surface area contributed by atoms with Crippen molar-refractivity contribution >= 4 is 46.0 Å². The minimum absolute atomic E-state index is 0.0160. The zero-order valence-corrected chi connectivity index (χ0v) is 17.7. The van der Waals surface area contributed by atoms with Crippen molar-refractivity contribution in [3.05, 3.63) is 58.4 Å². The van der Waals surface area contributed by atoms with Crippen molar-refractivity contribution < 1.29 is 14.1 Å². The Morgan fingerprint density at radius 1 is 1.21 bits per heavy atom. The zero-order valence-electron chi connectivity index (χ0n) is 16.1. The molecule has 1 amide bonds. The molecule has 0 atom stereocenters. The third-order valence-corrected chi connectivity index (χ3v) is 6.50. The molecule has 0 unspecified atom stereocenters. The number of benzene rings is 1. The number of anilines is 1. The molecular formula is C21H24N3O2S2+. The van der Waals surface area contributed by atoms with E-state index in [1.54, 1.807) is 11.0 Å². The van der Waals surface area contributed by atoms with Crippen LogP contribution < -0.4 is 9.80 Å². The Labute approximate surface area is 175 Å². The quantitative estimate of drug-likeness (QED) is 0.615. The van der Waals surface area contributed by atoms with Gasteiger partial charge < -0.3 is 14.2 Å². The van der Waals surface area contributed by atoms with Crippen molar-refractivity contribution in [3.8, 4) is 0 Å². The second-order valence-electron chi connectivity index (χ2n) is 7.29. The van der Waals surface area contributed by atoms with Crippen LogP contribution in [0.25, 0.3) is 6.08 Å². The highest BCUT2D eigenvalue weighted by Gasteiger charge is 2.35. The maximum atomic E-state index is 12.8. The second kappa shape index (κ2) is 8.11. The lowest BCUT2D eigenvalue weighted by atomic mass is 10.2. The first-order valence-corrected chi connectivity index (χ1v) is 10.7. The van der Waals surface area contributed by atoms with Crippen molar-refractivity contribution in [1.29, 1.82) is 0 Å². The summed E-state index contributed by atoms with van der Waals surface area (Å²) >= 11 is 6.83. The van der Waals surface area contributed by atoms with Crippen LogP contribution in [-0.4, -0.2) is 48.0 Å². The molecule has 2 aromatic rings. The topological polar surface area (TPSA) is 41.1 Å². The van der Waals surface area contributed by atoms with Crippen molar-refractivity contribution in [3.63, 3.8) is 0 Å². The van der Waals surface area contributed by atoms with Gasteiger partial charge in [-0.05, 0) is 43.7 Å². The summed E-state index contributed by atoms with van der Waals surface area (Å²) in [7, 11) is 0. The van der Waals surface area contributed by atoms with E-state index < -0.39 is 0 Å². The highest BCUT2D eigenvalue weighted by Crippen LogP contribution is 2.32. The normalized spacial score (nSPS) is 19.9. The third-order valence-electron chi connectivity index (χ3n) is 5.13. The number of quaternary nitrogens is 1. The van der Waals surface area contributed by atoms with Crippen LogP contribution in [0.3, 0.4) is 0 Å². The molecule has 5 nitrogen and oxygen atoms in total. The van der Waals surface area contributed by atoms with E-state index in [0.29, 0.717) is 21.7 Å². The number of furan rings is 1. The number of hydrogen-bond donors (Lipinski definition) is 1. The lowest BCUT2D eigenvalue weighted by Crippen LogP contribution is -3.16. The van der Waals surface area contributed by atoms with Crippen LogP contribution in [0.1, 0.15) is 17.1 Å². The highest BCUT2D eigenvalue weighted by molar-refractivity contribution is 8.26. The predicted octanol–water partition coefficient (Wildman–Crippen LogP) is 2.46. The van der Waals surface area contributed by atoms with Gasteiger partial charge in [-0.15, -0.1) is 0 Å². The van der Waals surface area contributed by atoms with E-state index in [0.717, 1.165) is 31.9 Å². The highest BCUT2D eigenvalue weighted by atomic mass is 32.2. The van der Waals surface area contributed by atoms with Gasteiger partial charge in [0.2, 0.25) is 0 Å². The summed E-state index contributed by atoms with van der Waals surface area (Å²) in [6, 6.07) is 12.4. The molecule has 4 rings (SSSR count). The zero-order chi connectivity index (χ0) is 19.7. The monoisotopic (exact) mass is 414 g/mol. The first-order chi connectivity index (χ1) is 13.5. The molecule has 2 aliphatic rings. The van der Waals surface area contributed by atoms with Gasteiger partial charge in [0, 0.05) is 11.8 Å². The summed E-state index contributed by atoms with van der Waals surface area (Å²) in [6.07, 6.45) is 1.79. The molecule has 2 saturated heterocycles. The number of nitrogens with zero attached hydrogens (tertiary/aromatic N) is 2. The number of thiocarbonyl (C=S) groups is 1. The summed E-state index contributed by atoms with van der Waals surface area (Å²) < 4.78 is 6.19. The lowest BCUT2D eigenvalue weighted by molar-refractivity contribution is -0.907. The SMILES string of the molecule is Cc1cccc(N2CC[NH+](CN3C(=O)/C(=C\c4ccc(C)o4)SC3=S)CC2)c1. The standard InChI is InChI=1S/C21H23N3O2S2/c1-15-4-3-5-17(12-15)23-10-8-22(9-11-23)14-24-20(25)19(28-21(24)27)13-18-7-6-16(2)26-18/h3-7,12-13H,8-11,14H2,1-2H3/p+1/b19-13+. The molecule has 3 heterocycles. The van der Waals surface area contributed by atoms with Gasteiger partial charge in [-0.1, -0.05) is 36.1 Å². The third kappa shape index (κ3) is 4.16. The van der Waals surface area contributed by atoms with Crippen LogP contribution >= 0.6 is 24.0 Å². The number of thioether (sulfide) groups is 1. The molecule has 0 spiro atoms. The average Bonchev–Trinajstić information content (AvgIpc) is 3.20. The molecular weight excluding hydrogens is 390 g/mol. The van der Waals surface area contributed by atoms with Gasteiger partial charge in [0.1, 0.15) is 11.5 Å². The Morgan fingerprint density at radius 3 is 2.68 bits per heavy atom. The first kappa shape index (κ1) is 19.2. The lowest BCUT2D eigenvalue weighted by Gasteiger charge is -2.35. The maximum absolute atomic E-state index is 12.8. The Hall–Kier alpha value is -2.09. The molecule has 7 heteroatoms. The number of piperazine rings is 1. The molecule has 1 aromatic carbocycles.